The van der Waals surface area contributed by atoms with Gasteiger partial charge in [0.25, 0.3) is 0 Å². The van der Waals surface area contributed by atoms with Crippen molar-refractivity contribution in [3.8, 4) is 5.88 Å². The van der Waals surface area contributed by atoms with Gasteiger partial charge in [-0.15, -0.1) is 0 Å². The third-order valence-electron chi connectivity index (χ3n) is 4.72. The average molecular weight is 375 g/mol. The lowest BCUT2D eigenvalue weighted by Crippen LogP contribution is -2.12. The molecule has 0 saturated heterocycles. The van der Waals surface area contributed by atoms with Crippen molar-refractivity contribution in [2.24, 2.45) is 9.98 Å². The normalized spacial score (nSPS) is 14.9. The molecule has 5 heteroatoms. The monoisotopic (exact) mass is 375 g/mol. The zero-order chi connectivity index (χ0) is 19.0. The van der Waals surface area contributed by atoms with Crippen molar-refractivity contribution in [2.45, 2.75) is 27.3 Å². The maximum absolute atomic E-state index is 10.8. The molecule has 0 atom stereocenters. The molecule has 0 spiro atoms. The minimum atomic E-state index is 0.248. The molecule has 0 aliphatic carbocycles. The predicted octanol–water partition coefficient (Wildman–Crippen LogP) is 5.38. The Morgan fingerprint density at radius 2 is 1.85 bits per heavy atom. The molecule has 4 rings (SSSR count). The van der Waals surface area contributed by atoms with E-state index in [9.17, 15) is 5.11 Å². The number of thiazole rings is 1. The average Bonchev–Trinajstić information content (AvgIpc) is 3.20. The molecule has 4 nitrogen and oxygen atoms in total. The van der Waals surface area contributed by atoms with Gasteiger partial charge in [0.05, 0.1) is 16.3 Å². The topological polar surface area (TPSA) is 49.9 Å². The Morgan fingerprint density at radius 1 is 1.11 bits per heavy atom. The number of para-hydroxylation sites is 2. The SMILES string of the molecule is CCn1c(O)c(C=C2C=Nc3ccccc32)sc1=Nc1c(C)cccc1C. The van der Waals surface area contributed by atoms with E-state index in [1.54, 1.807) is 0 Å². The molecule has 2 aromatic carbocycles. The summed E-state index contributed by atoms with van der Waals surface area (Å²) in [6.07, 6.45) is 3.84. The van der Waals surface area contributed by atoms with Gasteiger partial charge >= 0.3 is 0 Å². The van der Waals surface area contributed by atoms with Gasteiger partial charge in [-0.1, -0.05) is 47.7 Å². The van der Waals surface area contributed by atoms with E-state index in [0.717, 1.165) is 43.3 Å². The zero-order valence-corrected chi connectivity index (χ0v) is 16.4. The molecule has 0 saturated carbocycles. The number of nitrogens with zero attached hydrogens (tertiary/aromatic N) is 3. The first-order valence-corrected chi connectivity index (χ1v) is 9.79. The van der Waals surface area contributed by atoms with E-state index in [1.807, 2.05) is 48.0 Å². The van der Waals surface area contributed by atoms with Gasteiger partial charge in [0.2, 0.25) is 5.88 Å². The number of aliphatic imine (C=N–C) groups is 1. The predicted molar refractivity (Wildman–Crippen MR) is 113 cm³/mol. The molecule has 1 aliphatic heterocycles. The van der Waals surface area contributed by atoms with Crippen LogP contribution in [0, 0.1) is 13.8 Å². The largest absolute Gasteiger partial charge is 0.493 e. The molecule has 3 aromatic rings. The Bertz CT molecular complexity index is 1130. The Kier molecular flexibility index (Phi) is 4.54. The third-order valence-corrected chi connectivity index (χ3v) is 5.73. The van der Waals surface area contributed by atoms with E-state index in [1.165, 1.54) is 11.3 Å². The summed E-state index contributed by atoms with van der Waals surface area (Å²) in [5.74, 6) is 0.248. The van der Waals surface area contributed by atoms with E-state index >= 15 is 0 Å². The van der Waals surface area contributed by atoms with Crippen LogP contribution in [0.2, 0.25) is 0 Å². The van der Waals surface area contributed by atoms with Crippen molar-refractivity contribution < 1.29 is 5.11 Å². The first-order valence-electron chi connectivity index (χ1n) is 8.97. The van der Waals surface area contributed by atoms with Crippen LogP contribution in [0.1, 0.15) is 28.5 Å². The van der Waals surface area contributed by atoms with Gasteiger partial charge in [0, 0.05) is 23.9 Å². The highest BCUT2D eigenvalue weighted by molar-refractivity contribution is 7.10. The molecule has 27 heavy (non-hydrogen) atoms. The lowest BCUT2D eigenvalue weighted by Gasteiger charge is -2.04. The molecule has 0 amide bonds. The van der Waals surface area contributed by atoms with Crippen molar-refractivity contribution in [3.63, 3.8) is 0 Å². The van der Waals surface area contributed by atoms with Gasteiger partial charge < -0.3 is 5.11 Å². The van der Waals surface area contributed by atoms with Crippen LogP contribution in [0.3, 0.4) is 0 Å². The minimum Gasteiger partial charge on any atom is -0.493 e. The van der Waals surface area contributed by atoms with Crippen LogP contribution >= 0.6 is 11.3 Å². The van der Waals surface area contributed by atoms with E-state index < -0.39 is 0 Å². The summed E-state index contributed by atoms with van der Waals surface area (Å²) in [6, 6.07) is 14.2. The number of aryl methyl sites for hydroxylation is 2. The quantitative estimate of drug-likeness (QED) is 0.656. The molecule has 2 heterocycles. The number of allylic oxidation sites excluding steroid dienone is 1. The maximum Gasteiger partial charge on any atom is 0.211 e. The Morgan fingerprint density at radius 3 is 2.59 bits per heavy atom. The van der Waals surface area contributed by atoms with Crippen LogP contribution in [-0.4, -0.2) is 15.9 Å². The van der Waals surface area contributed by atoms with Crippen molar-refractivity contribution in [1.29, 1.82) is 0 Å². The van der Waals surface area contributed by atoms with Crippen LogP contribution in [0.4, 0.5) is 11.4 Å². The fraction of sp³-hybridized carbons (Fsp3) is 0.182. The summed E-state index contributed by atoms with van der Waals surface area (Å²) in [6.45, 7) is 6.79. The molecule has 1 aromatic heterocycles. The fourth-order valence-corrected chi connectivity index (χ4v) is 4.30. The number of fused-ring (bicyclic) bond motifs is 1. The summed E-state index contributed by atoms with van der Waals surface area (Å²) < 4.78 is 1.85. The smallest absolute Gasteiger partial charge is 0.211 e. The lowest BCUT2D eigenvalue weighted by molar-refractivity contribution is 0.416. The van der Waals surface area contributed by atoms with E-state index in [4.69, 9.17) is 4.99 Å². The Hall–Kier alpha value is -2.92. The van der Waals surface area contributed by atoms with Crippen LogP contribution in [0.25, 0.3) is 11.6 Å². The summed E-state index contributed by atoms with van der Waals surface area (Å²) in [5, 5.41) is 10.8. The second-order valence-corrected chi connectivity index (χ2v) is 7.55. The van der Waals surface area contributed by atoms with Gasteiger partial charge in [-0.05, 0) is 44.0 Å². The van der Waals surface area contributed by atoms with Crippen LogP contribution in [-0.2, 0) is 6.54 Å². The lowest BCUT2D eigenvalue weighted by atomic mass is 10.1. The summed E-state index contributed by atoms with van der Waals surface area (Å²) in [7, 11) is 0. The highest BCUT2D eigenvalue weighted by atomic mass is 32.1. The first-order chi connectivity index (χ1) is 13.1. The van der Waals surface area contributed by atoms with Crippen molar-refractivity contribution in [1.82, 2.24) is 4.57 Å². The standard InChI is InChI=1S/C22H21N3OS/c1-4-25-21(26)19(12-16-13-23-18-11-6-5-10-17(16)18)27-22(25)24-20-14(2)8-7-9-15(20)3/h5-13,26H,4H2,1-3H3. The summed E-state index contributed by atoms with van der Waals surface area (Å²) in [5.41, 5.74) is 6.27. The highest BCUT2D eigenvalue weighted by Gasteiger charge is 2.15. The van der Waals surface area contributed by atoms with Crippen molar-refractivity contribution >= 4 is 40.6 Å². The fourth-order valence-electron chi connectivity index (χ4n) is 3.26. The number of aromatic hydroxyl groups is 1. The van der Waals surface area contributed by atoms with Gasteiger partial charge in [0.15, 0.2) is 4.80 Å². The maximum atomic E-state index is 10.8. The Labute approximate surface area is 162 Å². The van der Waals surface area contributed by atoms with E-state index in [-0.39, 0.29) is 5.88 Å². The highest BCUT2D eigenvalue weighted by Crippen LogP contribution is 2.34. The van der Waals surface area contributed by atoms with Crippen LogP contribution in [0.5, 0.6) is 5.88 Å². The van der Waals surface area contributed by atoms with Gasteiger partial charge in [-0.3, -0.25) is 9.56 Å². The molecule has 0 unspecified atom stereocenters. The number of benzene rings is 2. The van der Waals surface area contributed by atoms with Gasteiger partial charge in [0.1, 0.15) is 0 Å². The minimum absolute atomic E-state index is 0.248. The van der Waals surface area contributed by atoms with Crippen molar-refractivity contribution in [3.05, 3.63) is 68.8 Å². The molecule has 1 N–H and O–H groups in total. The first kappa shape index (κ1) is 17.5. The molecule has 136 valence electrons. The molecule has 0 radical (unpaired) electrons. The summed E-state index contributed by atoms with van der Waals surface area (Å²) in [4.78, 5) is 10.9. The van der Waals surface area contributed by atoms with Gasteiger partial charge in [-0.25, -0.2) is 4.99 Å². The summed E-state index contributed by atoms with van der Waals surface area (Å²) >= 11 is 1.49. The molecule has 0 bridgehead atoms. The van der Waals surface area contributed by atoms with Crippen molar-refractivity contribution in [2.75, 3.05) is 0 Å². The van der Waals surface area contributed by atoms with Gasteiger partial charge in [-0.2, -0.15) is 0 Å². The molecule has 1 aliphatic rings. The molecule has 0 fully saturated rings. The molecular weight excluding hydrogens is 354 g/mol. The van der Waals surface area contributed by atoms with Crippen LogP contribution < -0.4 is 4.80 Å². The van der Waals surface area contributed by atoms with E-state index in [2.05, 4.69) is 37.0 Å². The number of hydrogen-bond donors (Lipinski definition) is 1. The zero-order valence-electron chi connectivity index (χ0n) is 15.6. The Balaban J connectivity index is 1.85. The van der Waals surface area contributed by atoms with Crippen LogP contribution in [0.15, 0.2) is 52.4 Å². The molecular formula is C22H21N3OS. The second kappa shape index (κ2) is 7.00. The number of rotatable bonds is 3. The third kappa shape index (κ3) is 3.15. The number of aromatic nitrogens is 1. The number of hydrogen-bond acceptors (Lipinski definition) is 4. The second-order valence-electron chi connectivity index (χ2n) is 6.54. The van der Waals surface area contributed by atoms with E-state index in [0.29, 0.717) is 6.54 Å².